The van der Waals surface area contributed by atoms with Crippen LogP contribution in [0.4, 0.5) is 18.9 Å². The molecule has 0 spiro atoms. The molecule has 0 fully saturated rings. The van der Waals surface area contributed by atoms with Crippen molar-refractivity contribution in [1.82, 2.24) is 4.90 Å². The molecule has 1 aromatic rings. The second kappa shape index (κ2) is 8.49. The maximum Gasteiger partial charge on any atom is 0.444 e. The van der Waals surface area contributed by atoms with Crippen LogP contribution in [-0.2, 0) is 14.3 Å². The van der Waals surface area contributed by atoms with E-state index in [2.05, 4.69) is 14.8 Å². The Labute approximate surface area is 157 Å². The van der Waals surface area contributed by atoms with Gasteiger partial charge in [0.1, 0.15) is 11.4 Å². The second-order valence-electron chi connectivity index (χ2n) is 5.41. The Morgan fingerprint density at radius 3 is 2.56 bits per heavy atom. The van der Waals surface area contributed by atoms with Gasteiger partial charge in [0.25, 0.3) is 11.5 Å². The summed E-state index contributed by atoms with van der Waals surface area (Å²) in [5, 5.41) is 11.7. The van der Waals surface area contributed by atoms with Gasteiger partial charge in [-0.3, -0.25) is 4.79 Å². The van der Waals surface area contributed by atoms with E-state index in [1.54, 1.807) is 0 Å². The van der Waals surface area contributed by atoms with Gasteiger partial charge in [-0.2, -0.15) is 8.78 Å². The number of aliphatic hydroxyl groups excluding tert-OH is 1. The number of β-amino-alcohol motifs (C(OH)–C–C–N with tert-alkyl or cyclic N) is 1. The smallest absolute Gasteiger partial charge is 0.444 e. The molecule has 1 aliphatic rings. The van der Waals surface area contributed by atoms with E-state index >= 15 is 0 Å². The van der Waals surface area contributed by atoms with Gasteiger partial charge in [0.05, 0.1) is 25.8 Å². The van der Waals surface area contributed by atoms with Gasteiger partial charge in [0, 0.05) is 12.2 Å². The number of esters is 1. The van der Waals surface area contributed by atoms with Crippen LogP contribution in [0.3, 0.4) is 0 Å². The monoisotopic (exact) mass is 408 g/mol. The highest BCUT2D eigenvalue weighted by Crippen LogP contribution is 2.30. The molecule has 1 amide bonds. The highest BCUT2D eigenvalue weighted by Gasteiger charge is 2.42. The van der Waals surface area contributed by atoms with E-state index < -0.39 is 23.6 Å². The van der Waals surface area contributed by atoms with Gasteiger partial charge in [-0.05, 0) is 24.3 Å². The molecule has 0 bridgehead atoms. The Morgan fingerprint density at radius 1 is 1.41 bits per heavy atom. The summed E-state index contributed by atoms with van der Waals surface area (Å²) in [5.74, 6) is -1.60. The SMILES string of the molecule is COC(=O)C1=C(Nc2ccc(OC(F)(F)C(F)Cl)cc2)C(=O)N(CCO)C1. The van der Waals surface area contributed by atoms with Crippen molar-refractivity contribution in [2.45, 2.75) is 11.7 Å². The lowest BCUT2D eigenvalue weighted by Crippen LogP contribution is -2.32. The molecule has 1 heterocycles. The van der Waals surface area contributed by atoms with Gasteiger partial charge in [-0.25, -0.2) is 9.18 Å². The average molecular weight is 409 g/mol. The number of hydrogen-bond acceptors (Lipinski definition) is 6. The van der Waals surface area contributed by atoms with E-state index in [4.69, 9.17) is 16.7 Å². The number of anilines is 1. The van der Waals surface area contributed by atoms with Gasteiger partial charge in [-0.1, -0.05) is 11.6 Å². The third-order valence-electron chi connectivity index (χ3n) is 3.59. The highest BCUT2D eigenvalue weighted by molar-refractivity contribution is 6.20. The van der Waals surface area contributed by atoms with Crippen LogP contribution in [0.2, 0.25) is 0 Å². The van der Waals surface area contributed by atoms with Gasteiger partial charge in [-0.15, -0.1) is 0 Å². The van der Waals surface area contributed by atoms with Crippen LogP contribution in [-0.4, -0.2) is 60.4 Å². The van der Waals surface area contributed by atoms with Crippen LogP contribution in [0.25, 0.3) is 0 Å². The molecule has 0 saturated heterocycles. The average Bonchev–Trinajstić information content (AvgIpc) is 2.92. The van der Waals surface area contributed by atoms with Crippen LogP contribution < -0.4 is 10.1 Å². The molecule has 2 rings (SSSR count). The number of rotatable bonds is 8. The van der Waals surface area contributed by atoms with Crippen LogP contribution in [0, 0.1) is 0 Å². The van der Waals surface area contributed by atoms with Crippen molar-refractivity contribution >= 4 is 29.2 Å². The van der Waals surface area contributed by atoms with Crippen molar-refractivity contribution in [3.63, 3.8) is 0 Å². The first-order chi connectivity index (χ1) is 12.7. The minimum Gasteiger partial charge on any atom is -0.466 e. The normalized spacial score (nSPS) is 15.8. The molecule has 1 aromatic carbocycles. The number of benzene rings is 1. The van der Waals surface area contributed by atoms with Crippen molar-refractivity contribution in [3.8, 4) is 5.75 Å². The van der Waals surface area contributed by atoms with E-state index in [9.17, 15) is 22.8 Å². The largest absolute Gasteiger partial charge is 0.466 e. The summed E-state index contributed by atoms with van der Waals surface area (Å²) in [4.78, 5) is 25.5. The van der Waals surface area contributed by atoms with Crippen LogP contribution >= 0.6 is 11.6 Å². The first kappa shape index (κ1) is 20.8. The number of ether oxygens (including phenoxy) is 2. The van der Waals surface area contributed by atoms with Crippen molar-refractivity contribution in [2.75, 3.05) is 32.1 Å². The van der Waals surface area contributed by atoms with E-state index in [1.807, 2.05) is 0 Å². The molecule has 0 radical (unpaired) electrons. The first-order valence-corrected chi connectivity index (χ1v) is 8.07. The molecular weight excluding hydrogens is 393 g/mol. The Hall–Kier alpha value is -2.46. The molecule has 0 saturated carbocycles. The number of nitrogens with one attached hydrogen (secondary N) is 1. The fraction of sp³-hybridized carbons (Fsp3) is 0.375. The fourth-order valence-electron chi connectivity index (χ4n) is 2.30. The predicted molar refractivity (Wildman–Crippen MR) is 89.1 cm³/mol. The standard InChI is InChI=1S/C16H16ClF3N2O5/c1-26-14(25)11-8-22(6-7-23)13(24)12(11)21-9-2-4-10(5-3-9)27-16(19,20)15(17)18/h2-5,15,21,23H,6-8H2,1H3. The molecule has 27 heavy (non-hydrogen) atoms. The van der Waals surface area contributed by atoms with Crippen molar-refractivity contribution < 1.29 is 37.3 Å². The number of nitrogens with zero attached hydrogens (tertiary/aromatic N) is 1. The molecule has 1 aliphatic heterocycles. The zero-order valence-corrected chi connectivity index (χ0v) is 14.8. The highest BCUT2D eigenvalue weighted by atomic mass is 35.5. The Balaban J connectivity index is 2.18. The fourth-order valence-corrected chi connectivity index (χ4v) is 2.35. The van der Waals surface area contributed by atoms with Gasteiger partial charge in [0.15, 0.2) is 0 Å². The van der Waals surface area contributed by atoms with Crippen molar-refractivity contribution in [3.05, 3.63) is 35.5 Å². The van der Waals surface area contributed by atoms with Gasteiger partial charge < -0.3 is 24.8 Å². The minimum atomic E-state index is -4.21. The zero-order chi connectivity index (χ0) is 20.2. The molecule has 1 unspecified atom stereocenters. The molecule has 0 aromatic heterocycles. The van der Waals surface area contributed by atoms with Crippen LogP contribution in [0.1, 0.15) is 0 Å². The maximum atomic E-state index is 13.1. The zero-order valence-electron chi connectivity index (χ0n) is 14.0. The molecular formula is C16H16ClF3N2O5. The lowest BCUT2D eigenvalue weighted by molar-refractivity contribution is -0.199. The minimum absolute atomic E-state index is 0.0230. The van der Waals surface area contributed by atoms with E-state index in [1.165, 1.54) is 17.0 Å². The topological polar surface area (TPSA) is 88.1 Å². The van der Waals surface area contributed by atoms with E-state index in [0.717, 1.165) is 19.2 Å². The molecule has 7 nitrogen and oxygen atoms in total. The molecule has 2 N–H and O–H groups in total. The third-order valence-corrected chi connectivity index (χ3v) is 3.84. The number of hydrogen-bond donors (Lipinski definition) is 2. The van der Waals surface area contributed by atoms with Crippen LogP contribution in [0.15, 0.2) is 35.5 Å². The lowest BCUT2D eigenvalue weighted by Gasteiger charge is -2.18. The van der Waals surface area contributed by atoms with Gasteiger partial charge >= 0.3 is 12.1 Å². The van der Waals surface area contributed by atoms with E-state index in [0.29, 0.717) is 0 Å². The summed E-state index contributed by atoms with van der Waals surface area (Å²) in [6.45, 7) is -0.311. The summed E-state index contributed by atoms with van der Waals surface area (Å²) >= 11 is 4.71. The van der Waals surface area contributed by atoms with Crippen molar-refractivity contribution in [2.24, 2.45) is 0 Å². The summed E-state index contributed by atoms with van der Waals surface area (Å²) in [5.41, 5.74) is -2.73. The van der Waals surface area contributed by atoms with Crippen molar-refractivity contribution in [1.29, 1.82) is 0 Å². The summed E-state index contributed by atoms with van der Waals surface area (Å²) in [6.07, 6.45) is -4.21. The summed E-state index contributed by atoms with van der Waals surface area (Å²) in [6, 6.07) is 4.80. The molecule has 0 aliphatic carbocycles. The molecule has 1 atom stereocenters. The summed E-state index contributed by atoms with van der Waals surface area (Å²) < 4.78 is 47.7. The molecule has 11 heteroatoms. The lowest BCUT2D eigenvalue weighted by atomic mass is 10.2. The maximum absolute atomic E-state index is 13.1. The first-order valence-electron chi connectivity index (χ1n) is 7.63. The number of carbonyl (C=O) groups excluding carboxylic acids is 2. The Kier molecular flexibility index (Phi) is 6.55. The Morgan fingerprint density at radius 2 is 2.04 bits per heavy atom. The second-order valence-corrected chi connectivity index (χ2v) is 5.79. The number of alkyl halides is 4. The summed E-state index contributed by atoms with van der Waals surface area (Å²) in [7, 11) is 1.16. The van der Waals surface area contributed by atoms with Crippen LogP contribution in [0.5, 0.6) is 5.75 Å². The predicted octanol–water partition coefficient (Wildman–Crippen LogP) is 1.87. The molecule has 148 valence electrons. The number of halogens is 4. The number of carbonyl (C=O) groups is 2. The quantitative estimate of drug-likeness (QED) is 0.504. The number of methoxy groups -OCH3 is 1. The third kappa shape index (κ3) is 4.83. The van der Waals surface area contributed by atoms with E-state index in [-0.39, 0.29) is 42.4 Å². The van der Waals surface area contributed by atoms with Gasteiger partial charge in [0.2, 0.25) is 0 Å². The number of amides is 1. The number of aliphatic hydroxyl groups is 1. The Bertz CT molecular complexity index is 740.